The fourth-order valence-corrected chi connectivity index (χ4v) is 3.35. The first kappa shape index (κ1) is 15.2. The van der Waals surface area contributed by atoms with Gasteiger partial charge >= 0.3 is 0 Å². The van der Waals surface area contributed by atoms with E-state index >= 15 is 0 Å². The van der Waals surface area contributed by atoms with Crippen molar-refractivity contribution >= 4 is 15.7 Å². The third-order valence-electron chi connectivity index (χ3n) is 2.87. The fourth-order valence-electron chi connectivity index (χ4n) is 1.96. The van der Waals surface area contributed by atoms with E-state index in [0.29, 0.717) is 22.9 Å². The molecule has 0 bridgehead atoms. The third kappa shape index (κ3) is 2.94. The number of rotatable bonds is 5. The van der Waals surface area contributed by atoms with Crippen molar-refractivity contribution < 1.29 is 22.4 Å². The highest BCUT2D eigenvalue weighted by atomic mass is 32.2. The lowest BCUT2D eigenvalue weighted by Gasteiger charge is -2.11. The Hall–Kier alpha value is -2.22. The Morgan fingerprint density at radius 3 is 2.33 bits per heavy atom. The molecule has 0 saturated carbocycles. The highest BCUT2D eigenvalue weighted by molar-refractivity contribution is 7.92. The zero-order valence-electron chi connectivity index (χ0n) is 12.1. The van der Waals surface area contributed by atoms with Gasteiger partial charge in [0, 0.05) is 6.07 Å². The summed E-state index contributed by atoms with van der Waals surface area (Å²) in [5.74, 6) is 1.18. The maximum atomic E-state index is 12.4. The molecule has 0 saturated heterocycles. The van der Waals surface area contributed by atoms with E-state index in [1.165, 1.54) is 20.3 Å². The molecule has 0 aliphatic rings. The lowest BCUT2D eigenvalue weighted by molar-refractivity contribution is 0.355. The summed E-state index contributed by atoms with van der Waals surface area (Å²) in [5, 5.41) is 3.65. The molecule has 0 aliphatic carbocycles. The molecular formula is C13H16N2O5S. The Balaban J connectivity index is 2.38. The Morgan fingerprint density at radius 1 is 1.14 bits per heavy atom. The Bertz CT molecular complexity index is 732. The number of hydrogen-bond donors (Lipinski definition) is 1. The minimum Gasteiger partial charge on any atom is -0.493 e. The van der Waals surface area contributed by atoms with E-state index in [4.69, 9.17) is 14.0 Å². The van der Waals surface area contributed by atoms with Gasteiger partial charge in [0.2, 0.25) is 0 Å². The number of methoxy groups -OCH3 is 2. The molecule has 0 radical (unpaired) electrons. The van der Waals surface area contributed by atoms with Gasteiger partial charge in [-0.05, 0) is 26.0 Å². The van der Waals surface area contributed by atoms with Gasteiger partial charge in [0.1, 0.15) is 5.69 Å². The fraction of sp³-hybridized carbons (Fsp3) is 0.308. The normalized spacial score (nSPS) is 11.2. The molecule has 1 aromatic heterocycles. The smallest absolute Gasteiger partial charge is 0.267 e. The van der Waals surface area contributed by atoms with E-state index < -0.39 is 10.0 Å². The van der Waals surface area contributed by atoms with Crippen molar-refractivity contribution in [2.75, 3.05) is 18.9 Å². The van der Waals surface area contributed by atoms with Gasteiger partial charge in [-0.1, -0.05) is 5.16 Å². The van der Waals surface area contributed by atoms with E-state index in [9.17, 15) is 8.42 Å². The standard InChI is InChI=1S/C13H16N2O5S/c1-8-13(9(2)20-14-8)21(16,17)15-10-5-6-11(18-3)12(7-10)19-4/h5-7,15H,1-4H3. The van der Waals surface area contributed by atoms with Crippen molar-refractivity contribution in [2.45, 2.75) is 18.7 Å². The molecule has 1 aromatic carbocycles. The number of aryl methyl sites for hydroxylation is 2. The molecule has 114 valence electrons. The molecule has 2 aromatic rings. The molecule has 21 heavy (non-hydrogen) atoms. The van der Waals surface area contributed by atoms with E-state index in [1.807, 2.05) is 0 Å². The first-order chi connectivity index (χ1) is 9.89. The molecule has 2 rings (SSSR count). The van der Waals surface area contributed by atoms with Crippen molar-refractivity contribution in [1.29, 1.82) is 0 Å². The van der Waals surface area contributed by atoms with Crippen molar-refractivity contribution in [2.24, 2.45) is 0 Å². The molecule has 0 fully saturated rings. The number of nitrogens with zero attached hydrogens (tertiary/aromatic N) is 1. The van der Waals surface area contributed by atoms with Crippen LogP contribution in [-0.2, 0) is 10.0 Å². The van der Waals surface area contributed by atoms with Crippen molar-refractivity contribution in [3.63, 3.8) is 0 Å². The van der Waals surface area contributed by atoms with Gasteiger partial charge in [-0.25, -0.2) is 8.42 Å². The predicted molar refractivity (Wildman–Crippen MR) is 76.3 cm³/mol. The summed E-state index contributed by atoms with van der Waals surface area (Å²) in [6, 6.07) is 4.73. The Labute approximate surface area is 122 Å². The van der Waals surface area contributed by atoms with Crippen LogP contribution in [0, 0.1) is 13.8 Å². The average Bonchev–Trinajstić information content (AvgIpc) is 2.78. The van der Waals surface area contributed by atoms with Crippen LogP contribution in [0.5, 0.6) is 11.5 Å². The van der Waals surface area contributed by atoms with Gasteiger partial charge in [-0.2, -0.15) is 0 Å². The van der Waals surface area contributed by atoms with Crippen LogP contribution in [0.2, 0.25) is 0 Å². The molecule has 0 amide bonds. The highest BCUT2D eigenvalue weighted by Gasteiger charge is 2.24. The monoisotopic (exact) mass is 312 g/mol. The van der Waals surface area contributed by atoms with Gasteiger partial charge in [-0.15, -0.1) is 0 Å². The zero-order valence-corrected chi connectivity index (χ0v) is 12.9. The second-order valence-electron chi connectivity index (χ2n) is 4.33. The van der Waals surface area contributed by atoms with Crippen LogP contribution >= 0.6 is 0 Å². The van der Waals surface area contributed by atoms with Crippen LogP contribution in [-0.4, -0.2) is 27.8 Å². The van der Waals surface area contributed by atoms with E-state index in [0.717, 1.165) is 0 Å². The van der Waals surface area contributed by atoms with E-state index in [2.05, 4.69) is 9.88 Å². The Kier molecular flexibility index (Phi) is 4.08. The number of ether oxygens (including phenoxy) is 2. The number of hydrogen-bond acceptors (Lipinski definition) is 6. The van der Waals surface area contributed by atoms with Crippen LogP contribution in [0.1, 0.15) is 11.5 Å². The molecule has 1 heterocycles. The number of nitrogens with one attached hydrogen (secondary N) is 1. The largest absolute Gasteiger partial charge is 0.493 e. The maximum Gasteiger partial charge on any atom is 0.267 e. The van der Waals surface area contributed by atoms with Crippen molar-refractivity contribution in [3.8, 4) is 11.5 Å². The van der Waals surface area contributed by atoms with Crippen molar-refractivity contribution in [3.05, 3.63) is 29.7 Å². The third-order valence-corrected chi connectivity index (χ3v) is 4.50. The minimum absolute atomic E-state index is 0.0392. The van der Waals surface area contributed by atoms with Gasteiger partial charge < -0.3 is 14.0 Å². The molecular weight excluding hydrogens is 296 g/mol. The molecule has 0 atom stereocenters. The van der Waals surface area contributed by atoms with Crippen LogP contribution in [0.3, 0.4) is 0 Å². The topological polar surface area (TPSA) is 90.7 Å². The van der Waals surface area contributed by atoms with Crippen molar-refractivity contribution in [1.82, 2.24) is 5.16 Å². The summed E-state index contributed by atoms with van der Waals surface area (Å²) in [5.41, 5.74) is 0.660. The van der Waals surface area contributed by atoms with Gasteiger partial charge in [0.25, 0.3) is 10.0 Å². The zero-order chi connectivity index (χ0) is 15.6. The summed E-state index contributed by atoms with van der Waals surface area (Å²) in [6.45, 7) is 3.11. The lowest BCUT2D eigenvalue weighted by atomic mass is 10.3. The molecule has 8 heteroatoms. The van der Waals surface area contributed by atoms with Gasteiger partial charge in [0.15, 0.2) is 22.2 Å². The Morgan fingerprint density at radius 2 is 1.81 bits per heavy atom. The summed E-state index contributed by atoms with van der Waals surface area (Å²) < 4.78 is 42.3. The second kappa shape index (κ2) is 5.65. The molecule has 1 N–H and O–H groups in total. The molecule has 0 aliphatic heterocycles. The SMILES string of the molecule is COc1ccc(NS(=O)(=O)c2c(C)noc2C)cc1OC. The van der Waals surface area contributed by atoms with E-state index in [1.54, 1.807) is 26.0 Å². The quantitative estimate of drug-likeness (QED) is 0.909. The number of benzene rings is 1. The average molecular weight is 312 g/mol. The summed E-state index contributed by atoms with van der Waals surface area (Å²) in [4.78, 5) is 0.0392. The van der Waals surface area contributed by atoms with Crippen LogP contribution in [0.15, 0.2) is 27.6 Å². The highest BCUT2D eigenvalue weighted by Crippen LogP contribution is 2.31. The number of aromatic nitrogens is 1. The number of sulfonamides is 1. The molecule has 0 spiro atoms. The molecule has 7 nitrogen and oxygen atoms in total. The van der Waals surface area contributed by atoms with Crippen LogP contribution < -0.4 is 14.2 Å². The summed E-state index contributed by atoms with van der Waals surface area (Å²) in [6.07, 6.45) is 0. The first-order valence-electron chi connectivity index (χ1n) is 6.06. The van der Waals surface area contributed by atoms with E-state index in [-0.39, 0.29) is 10.7 Å². The maximum absolute atomic E-state index is 12.4. The van der Waals surface area contributed by atoms with Crippen LogP contribution in [0.4, 0.5) is 5.69 Å². The van der Waals surface area contributed by atoms with Crippen LogP contribution in [0.25, 0.3) is 0 Å². The second-order valence-corrected chi connectivity index (χ2v) is 5.95. The number of anilines is 1. The lowest BCUT2D eigenvalue weighted by Crippen LogP contribution is -2.14. The van der Waals surface area contributed by atoms with Gasteiger partial charge in [-0.3, -0.25) is 4.72 Å². The summed E-state index contributed by atoms with van der Waals surface area (Å²) in [7, 11) is -0.796. The minimum atomic E-state index is -3.78. The van der Waals surface area contributed by atoms with Gasteiger partial charge in [0.05, 0.1) is 19.9 Å². The molecule has 0 unspecified atom stereocenters. The first-order valence-corrected chi connectivity index (χ1v) is 7.55. The summed E-state index contributed by atoms with van der Waals surface area (Å²) >= 11 is 0. The predicted octanol–water partition coefficient (Wildman–Crippen LogP) is 2.11.